The number of rotatable bonds is 5. The van der Waals surface area contributed by atoms with Crippen LogP contribution in [0.25, 0.3) is 0 Å². The predicted molar refractivity (Wildman–Crippen MR) is 80.7 cm³/mol. The number of hydrogen-bond donors (Lipinski definition) is 1. The Morgan fingerprint density at radius 1 is 1.33 bits per heavy atom. The quantitative estimate of drug-likeness (QED) is 0.915. The highest BCUT2D eigenvalue weighted by molar-refractivity contribution is 6.42. The van der Waals surface area contributed by atoms with Gasteiger partial charge in [-0.1, -0.05) is 23.2 Å². The van der Waals surface area contributed by atoms with Crippen molar-refractivity contribution in [2.24, 2.45) is 0 Å². The molecule has 1 aromatic heterocycles. The Balaban J connectivity index is 1.92. The number of amides is 1. The molecule has 0 unspecified atom stereocenters. The van der Waals surface area contributed by atoms with Crippen LogP contribution in [0.1, 0.15) is 36.1 Å². The van der Waals surface area contributed by atoms with Gasteiger partial charge in [0.1, 0.15) is 0 Å². The van der Waals surface area contributed by atoms with E-state index < -0.39 is 0 Å². The van der Waals surface area contributed by atoms with Crippen molar-refractivity contribution in [3.8, 4) is 0 Å². The van der Waals surface area contributed by atoms with E-state index in [1.54, 1.807) is 16.8 Å². The molecule has 21 heavy (non-hydrogen) atoms. The van der Waals surface area contributed by atoms with E-state index in [0.717, 1.165) is 5.82 Å². The number of tetrazole rings is 1. The van der Waals surface area contributed by atoms with Crippen molar-refractivity contribution in [3.63, 3.8) is 0 Å². The average molecular weight is 328 g/mol. The molecule has 0 aliphatic heterocycles. The Kier molecular flexibility index (Phi) is 5.14. The Hall–Kier alpha value is -1.66. The summed E-state index contributed by atoms with van der Waals surface area (Å²) in [6, 6.07) is 4.94. The van der Waals surface area contributed by atoms with Crippen molar-refractivity contribution in [1.29, 1.82) is 0 Å². The lowest BCUT2D eigenvalue weighted by Crippen LogP contribution is -2.26. The summed E-state index contributed by atoms with van der Waals surface area (Å²) in [7, 11) is 0. The summed E-state index contributed by atoms with van der Waals surface area (Å²) < 4.78 is 1.73. The first kappa shape index (κ1) is 15.7. The van der Waals surface area contributed by atoms with E-state index in [4.69, 9.17) is 23.2 Å². The van der Waals surface area contributed by atoms with E-state index in [1.807, 2.05) is 13.8 Å². The second kappa shape index (κ2) is 6.87. The Morgan fingerprint density at radius 2 is 2.10 bits per heavy atom. The van der Waals surface area contributed by atoms with Crippen LogP contribution in [0, 0.1) is 0 Å². The van der Waals surface area contributed by atoms with Crippen molar-refractivity contribution in [1.82, 2.24) is 25.5 Å². The van der Waals surface area contributed by atoms with E-state index in [1.165, 1.54) is 6.07 Å². The van der Waals surface area contributed by atoms with E-state index in [-0.39, 0.29) is 11.9 Å². The molecular formula is C13H15Cl2N5O. The molecule has 0 saturated heterocycles. The summed E-state index contributed by atoms with van der Waals surface area (Å²) in [5.74, 6) is 0.525. The lowest BCUT2D eigenvalue weighted by molar-refractivity contribution is 0.0954. The molecule has 1 heterocycles. The van der Waals surface area contributed by atoms with Gasteiger partial charge >= 0.3 is 0 Å². The molecule has 112 valence electrons. The van der Waals surface area contributed by atoms with Crippen LogP contribution in [0.4, 0.5) is 0 Å². The second-order valence-corrected chi connectivity index (χ2v) is 5.58. The number of aromatic nitrogens is 4. The Morgan fingerprint density at radius 3 is 2.76 bits per heavy atom. The van der Waals surface area contributed by atoms with Gasteiger partial charge < -0.3 is 5.32 Å². The van der Waals surface area contributed by atoms with Gasteiger partial charge in [-0.15, -0.1) is 5.10 Å². The molecule has 0 spiro atoms. The monoisotopic (exact) mass is 327 g/mol. The van der Waals surface area contributed by atoms with Crippen molar-refractivity contribution in [3.05, 3.63) is 39.6 Å². The summed E-state index contributed by atoms with van der Waals surface area (Å²) in [5, 5.41) is 15.1. The first-order valence-electron chi connectivity index (χ1n) is 6.49. The Bertz CT molecular complexity index is 641. The van der Waals surface area contributed by atoms with Gasteiger partial charge in [-0.05, 0) is 42.5 Å². The van der Waals surface area contributed by atoms with Gasteiger partial charge in [0.2, 0.25) is 0 Å². The fourth-order valence-electron chi connectivity index (χ4n) is 1.81. The molecule has 0 aliphatic carbocycles. The molecule has 0 bridgehead atoms. The SMILES string of the molecule is CC(C)n1nnnc1CCNC(=O)c1ccc(Cl)c(Cl)c1. The number of carbonyl (C=O) groups excluding carboxylic acids is 1. The summed E-state index contributed by atoms with van der Waals surface area (Å²) in [6.07, 6.45) is 0.554. The number of nitrogens with one attached hydrogen (secondary N) is 1. The van der Waals surface area contributed by atoms with Crippen molar-refractivity contribution in [2.45, 2.75) is 26.3 Å². The largest absolute Gasteiger partial charge is 0.352 e. The van der Waals surface area contributed by atoms with E-state index in [9.17, 15) is 4.79 Å². The van der Waals surface area contributed by atoms with Crippen LogP contribution in [0.15, 0.2) is 18.2 Å². The molecule has 0 radical (unpaired) electrons. The highest BCUT2D eigenvalue weighted by Gasteiger charge is 2.11. The average Bonchev–Trinajstić information content (AvgIpc) is 2.90. The molecule has 1 N–H and O–H groups in total. The fourth-order valence-corrected chi connectivity index (χ4v) is 2.10. The topological polar surface area (TPSA) is 72.7 Å². The zero-order chi connectivity index (χ0) is 15.4. The van der Waals surface area contributed by atoms with Crippen molar-refractivity contribution in [2.75, 3.05) is 6.54 Å². The number of nitrogens with zero attached hydrogens (tertiary/aromatic N) is 4. The maximum Gasteiger partial charge on any atom is 0.251 e. The van der Waals surface area contributed by atoms with Crippen LogP contribution in [0.3, 0.4) is 0 Å². The minimum atomic E-state index is -0.211. The van der Waals surface area contributed by atoms with Gasteiger partial charge in [-0.2, -0.15) is 0 Å². The number of benzene rings is 1. The van der Waals surface area contributed by atoms with Gasteiger partial charge in [0, 0.05) is 18.5 Å². The molecule has 2 aromatic rings. The Labute approximate surface area is 132 Å². The predicted octanol–water partition coefficient (Wildman–Crippen LogP) is 2.53. The molecule has 8 heteroatoms. The zero-order valence-corrected chi connectivity index (χ0v) is 13.2. The van der Waals surface area contributed by atoms with Crippen molar-refractivity contribution < 1.29 is 4.79 Å². The molecule has 1 aromatic carbocycles. The van der Waals surface area contributed by atoms with Gasteiger partial charge in [0.05, 0.1) is 16.1 Å². The summed E-state index contributed by atoms with van der Waals surface area (Å²) in [6.45, 7) is 4.43. The molecule has 6 nitrogen and oxygen atoms in total. The molecule has 0 saturated carbocycles. The molecular weight excluding hydrogens is 313 g/mol. The van der Waals surface area contributed by atoms with Gasteiger partial charge in [0.15, 0.2) is 5.82 Å². The van der Waals surface area contributed by atoms with Gasteiger partial charge in [-0.3, -0.25) is 4.79 Å². The second-order valence-electron chi connectivity index (χ2n) is 4.77. The van der Waals surface area contributed by atoms with Gasteiger partial charge in [0.25, 0.3) is 5.91 Å². The maximum atomic E-state index is 12.0. The number of carbonyl (C=O) groups is 1. The third-order valence-electron chi connectivity index (χ3n) is 2.87. The smallest absolute Gasteiger partial charge is 0.251 e. The fraction of sp³-hybridized carbons (Fsp3) is 0.385. The van der Waals surface area contributed by atoms with Crippen LogP contribution in [0.5, 0.6) is 0 Å². The molecule has 0 atom stereocenters. The molecule has 1 amide bonds. The molecule has 0 fully saturated rings. The highest BCUT2D eigenvalue weighted by atomic mass is 35.5. The normalized spacial score (nSPS) is 10.9. The summed E-state index contributed by atoms with van der Waals surface area (Å²) in [5.41, 5.74) is 0.466. The lowest BCUT2D eigenvalue weighted by atomic mass is 10.2. The van der Waals surface area contributed by atoms with Crippen LogP contribution in [-0.4, -0.2) is 32.7 Å². The minimum Gasteiger partial charge on any atom is -0.352 e. The van der Waals surface area contributed by atoms with E-state index in [2.05, 4.69) is 20.8 Å². The van der Waals surface area contributed by atoms with E-state index >= 15 is 0 Å². The third kappa shape index (κ3) is 3.92. The van der Waals surface area contributed by atoms with Crippen LogP contribution in [0.2, 0.25) is 10.0 Å². The highest BCUT2D eigenvalue weighted by Crippen LogP contribution is 2.22. The minimum absolute atomic E-state index is 0.181. The van der Waals surface area contributed by atoms with Crippen LogP contribution >= 0.6 is 23.2 Å². The maximum absolute atomic E-state index is 12.0. The summed E-state index contributed by atoms with van der Waals surface area (Å²) in [4.78, 5) is 12.0. The first-order chi connectivity index (χ1) is 9.99. The van der Waals surface area contributed by atoms with Gasteiger partial charge in [-0.25, -0.2) is 4.68 Å². The lowest BCUT2D eigenvalue weighted by Gasteiger charge is -2.08. The molecule has 0 aliphatic rings. The van der Waals surface area contributed by atoms with Crippen LogP contribution < -0.4 is 5.32 Å². The zero-order valence-electron chi connectivity index (χ0n) is 11.7. The summed E-state index contributed by atoms with van der Waals surface area (Å²) >= 11 is 11.7. The first-order valence-corrected chi connectivity index (χ1v) is 7.24. The number of hydrogen-bond acceptors (Lipinski definition) is 4. The third-order valence-corrected chi connectivity index (χ3v) is 3.61. The number of halogens is 2. The van der Waals surface area contributed by atoms with E-state index in [0.29, 0.717) is 28.6 Å². The standard InChI is InChI=1S/C13H15Cl2N5O/c1-8(2)20-12(17-18-19-20)5-6-16-13(21)9-3-4-10(14)11(15)7-9/h3-4,7-8H,5-6H2,1-2H3,(H,16,21). The van der Waals surface area contributed by atoms with Crippen molar-refractivity contribution >= 4 is 29.1 Å². The molecule has 2 rings (SSSR count). The van der Waals surface area contributed by atoms with Crippen LogP contribution in [-0.2, 0) is 6.42 Å².